The molecule has 0 aliphatic carbocycles. The topological polar surface area (TPSA) is 77.0 Å². The molecule has 0 saturated carbocycles. The van der Waals surface area contributed by atoms with Crippen LogP contribution < -0.4 is 10.8 Å². The minimum Gasteiger partial charge on any atom is -0.339 e. The molecule has 0 aromatic carbocycles. The molecule has 6 heteroatoms. The molecule has 19 heavy (non-hydrogen) atoms. The Bertz CT molecular complexity index is 652. The zero-order chi connectivity index (χ0) is 14.2. The van der Waals surface area contributed by atoms with Crippen molar-refractivity contribution >= 4 is 23.3 Å². The molecule has 0 fully saturated rings. The second kappa shape index (κ2) is 4.74. The summed E-state index contributed by atoms with van der Waals surface area (Å²) in [6, 6.07) is 3.82. The van der Waals surface area contributed by atoms with E-state index >= 15 is 0 Å². The standard InChI is InChI=1S/C13H17N5S/c1-5-18-11(15)9(7-14)6-10-8(2)16-13(3,19-4)17-12(10)18/h6,15,17H,5H2,1-4H3. The largest absolute Gasteiger partial charge is 0.339 e. The van der Waals surface area contributed by atoms with Gasteiger partial charge in [0.15, 0.2) is 4.99 Å². The van der Waals surface area contributed by atoms with Crippen LogP contribution in [0.5, 0.6) is 0 Å². The lowest BCUT2D eigenvalue weighted by Gasteiger charge is -2.33. The number of pyridine rings is 1. The van der Waals surface area contributed by atoms with Crippen LogP contribution in [0.25, 0.3) is 0 Å². The molecule has 1 aliphatic rings. The van der Waals surface area contributed by atoms with Gasteiger partial charge < -0.3 is 9.88 Å². The van der Waals surface area contributed by atoms with Crippen LogP contribution >= 0.6 is 11.8 Å². The number of hydrogen-bond acceptors (Lipinski definition) is 5. The molecule has 2 heterocycles. The lowest BCUT2D eigenvalue weighted by atomic mass is 10.1. The average Bonchev–Trinajstić information content (AvgIpc) is 2.38. The van der Waals surface area contributed by atoms with E-state index < -0.39 is 4.99 Å². The number of anilines is 1. The summed E-state index contributed by atoms with van der Waals surface area (Å²) in [5.74, 6) is 0.871. The van der Waals surface area contributed by atoms with E-state index in [0.29, 0.717) is 12.1 Å². The summed E-state index contributed by atoms with van der Waals surface area (Å²) in [5, 5.41) is 20.6. The summed E-state index contributed by atoms with van der Waals surface area (Å²) < 4.78 is 1.82. The van der Waals surface area contributed by atoms with E-state index in [1.54, 1.807) is 17.8 Å². The van der Waals surface area contributed by atoms with Crippen LogP contribution in [0.3, 0.4) is 0 Å². The fourth-order valence-electron chi connectivity index (χ4n) is 2.22. The predicted molar refractivity (Wildman–Crippen MR) is 78.4 cm³/mol. The Balaban J connectivity index is 2.77. The smallest absolute Gasteiger partial charge is 0.175 e. The van der Waals surface area contributed by atoms with Gasteiger partial charge in [0.2, 0.25) is 0 Å². The monoisotopic (exact) mass is 275 g/mol. The van der Waals surface area contributed by atoms with Crippen molar-refractivity contribution < 1.29 is 0 Å². The third-order valence-electron chi connectivity index (χ3n) is 3.29. The van der Waals surface area contributed by atoms with Crippen LogP contribution in [0.1, 0.15) is 31.9 Å². The summed E-state index contributed by atoms with van der Waals surface area (Å²) >= 11 is 1.61. The van der Waals surface area contributed by atoms with Crippen LogP contribution in [0, 0.1) is 16.7 Å². The summed E-state index contributed by atoms with van der Waals surface area (Å²) in [6.45, 7) is 6.56. The third-order valence-corrected chi connectivity index (χ3v) is 4.28. The molecule has 0 saturated heterocycles. The summed E-state index contributed by atoms with van der Waals surface area (Å²) in [4.78, 5) is 4.22. The Labute approximate surface area is 116 Å². The molecule has 2 rings (SSSR count). The highest BCUT2D eigenvalue weighted by Crippen LogP contribution is 2.33. The molecule has 1 aromatic rings. The highest BCUT2D eigenvalue weighted by atomic mass is 32.2. The normalized spacial score (nSPS) is 21.1. The zero-order valence-corrected chi connectivity index (χ0v) is 12.4. The maximum absolute atomic E-state index is 9.13. The first-order valence-corrected chi connectivity index (χ1v) is 7.31. The molecule has 0 spiro atoms. The van der Waals surface area contributed by atoms with Gasteiger partial charge in [-0.25, -0.2) is 0 Å². The van der Waals surface area contributed by atoms with Gasteiger partial charge in [0.25, 0.3) is 0 Å². The maximum Gasteiger partial charge on any atom is 0.175 e. The molecule has 0 radical (unpaired) electrons. The predicted octanol–water partition coefficient (Wildman–Crippen LogP) is 2.13. The lowest BCUT2D eigenvalue weighted by Crippen LogP contribution is -2.39. The van der Waals surface area contributed by atoms with Gasteiger partial charge in [0, 0.05) is 17.8 Å². The Kier molecular flexibility index (Phi) is 3.42. The number of nitriles is 1. The fraction of sp³-hybridized carbons (Fsp3) is 0.462. The minimum atomic E-state index is -0.422. The molecule has 1 aliphatic heterocycles. The van der Waals surface area contributed by atoms with Gasteiger partial charge in [-0.3, -0.25) is 10.4 Å². The van der Waals surface area contributed by atoms with Crippen LogP contribution in [-0.4, -0.2) is 21.5 Å². The Morgan fingerprint density at radius 3 is 2.84 bits per heavy atom. The Morgan fingerprint density at radius 1 is 1.63 bits per heavy atom. The average molecular weight is 275 g/mol. The van der Waals surface area contributed by atoms with Crippen molar-refractivity contribution in [1.82, 2.24) is 4.57 Å². The number of hydrogen-bond donors (Lipinski definition) is 2. The molecule has 100 valence electrons. The van der Waals surface area contributed by atoms with Crippen molar-refractivity contribution in [3.63, 3.8) is 0 Å². The second-order valence-electron chi connectivity index (χ2n) is 4.53. The van der Waals surface area contributed by atoms with Crippen molar-refractivity contribution in [2.75, 3.05) is 11.6 Å². The highest BCUT2D eigenvalue weighted by Gasteiger charge is 2.30. The lowest BCUT2D eigenvalue weighted by molar-refractivity contribution is 0.671. The molecule has 1 unspecified atom stereocenters. The van der Waals surface area contributed by atoms with Crippen LogP contribution in [0.2, 0.25) is 0 Å². The van der Waals surface area contributed by atoms with Gasteiger partial charge in [-0.05, 0) is 33.1 Å². The van der Waals surface area contributed by atoms with E-state index in [1.165, 1.54) is 0 Å². The van der Waals surface area contributed by atoms with Gasteiger partial charge in [-0.2, -0.15) is 5.26 Å². The van der Waals surface area contributed by atoms with E-state index in [2.05, 4.69) is 16.4 Å². The third kappa shape index (κ3) is 2.15. The number of thioether (sulfide) groups is 1. The minimum absolute atomic E-state index is 0.245. The molecular weight excluding hydrogens is 258 g/mol. The number of aromatic nitrogens is 1. The van der Waals surface area contributed by atoms with Crippen LogP contribution in [0.4, 0.5) is 5.82 Å². The van der Waals surface area contributed by atoms with Crippen molar-refractivity contribution in [1.29, 1.82) is 10.7 Å². The maximum atomic E-state index is 9.13. The van der Waals surface area contributed by atoms with Gasteiger partial charge >= 0.3 is 0 Å². The molecule has 2 N–H and O–H groups in total. The van der Waals surface area contributed by atoms with Crippen LogP contribution in [-0.2, 0) is 6.54 Å². The number of fused-ring (bicyclic) bond motifs is 1. The second-order valence-corrected chi connectivity index (χ2v) is 5.74. The first-order valence-electron chi connectivity index (χ1n) is 6.08. The first kappa shape index (κ1) is 13.7. The summed E-state index contributed by atoms with van der Waals surface area (Å²) in [7, 11) is 0. The molecule has 1 aromatic heterocycles. The number of nitrogens with one attached hydrogen (secondary N) is 2. The zero-order valence-electron chi connectivity index (χ0n) is 11.5. The number of rotatable bonds is 2. The van der Waals surface area contributed by atoms with E-state index in [4.69, 9.17) is 10.7 Å². The van der Waals surface area contributed by atoms with E-state index in [9.17, 15) is 0 Å². The summed E-state index contributed by atoms with van der Waals surface area (Å²) in [6.07, 6.45) is 2.00. The number of aliphatic imine (C=N–C) groups is 1. The Morgan fingerprint density at radius 2 is 2.32 bits per heavy atom. The number of nitrogens with zero attached hydrogens (tertiary/aromatic N) is 3. The van der Waals surface area contributed by atoms with Crippen molar-refractivity contribution in [2.45, 2.75) is 32.3 Å². The van der Waals surface area contributed by atoms with Gasteiger partial charge in [-0.1, -0.05) is 0 Å². The Hall–Kier alpha value is -1.74. The fourth-order valence-corrected chi connectivity index (χ4v) is 2.65. The van der Waals surface area contributed by atoms with E-state index in [1.807, 2.05) is 31.6 Å². The van der Waals surface area contributed by atoms with Crippen molar-refractivity contribution in [2.24, 2.45) is 4.99 Å². The summed E-state index contributed by atoms with van der Waals surface area (Å²) in [5.41, 5.74) is 2.42. The SMILES string of the molecule is CCn1c2c(cc(C#N)c1=N)C(C)=NC(C)(SC)N2. The molecule has 0 amide bonds. The molecule has 5 nitrogen and oxygen atoms in total. The van der Waals surface area contributed by atoms with E-state index in [-0.39, 0.29) is 5.49 Å². The van der Waals surface area contributed by atoms with Gasteiger partial charge in [0.1, 0.15) is 17.4 Å². The molecule has 1 atom stereocenters. The molecule has 0 bridgehead atoms. The van der Waals surface area contributed by atoms with Gasteiger partial charge in [-0.15, -0.1) is 11.8 Å². The first-order chi connectivity index (χ1) is 8.95. The van der Waals surface area contributed by atoms with Gasteiger partial charge in [0.05, 0.1) is 5.56 Å². The van der Waals surface area contributed by atoms with Crippen molar-refractivity contribution in [3.05, 3.63) is 22.7 Å². The highest BCUT2D eigenvalue weighted by molar-refractivity contribution is 8.00. The molecular formula is C13H17N5S. The van der Waals surface area contributed by atoms with E-state index in [0.717, 1.165) is 17.1 Å². The van der Waals surface area contributed by atoms with Crippen LogP contribution in [0.15, 0.2) is 11.1 Å². The quantitative estimate of drug-likeness (QED) is 0.868. The van der Waals surface area contributed by atoms with Crippen molar-refractivity contribution in [3.8, 4) is 6.07 Å².